The first-order chi connectivity index (χ1) is 28.1. The molecule has 0 amide bonds. The molecule has 0 saturated heterocycles. The lowest BCUT2D eigenvalue weighted by Gasteiger charge is -2.17. The summed E-state index contributed by atoms with van der Waals surface area (Å²) in [7, 11) is 0. The van der Waals surface area contributed by atoms with Gasteiger partial charge in [0.2, 0.25) is 0 Å². The summed E-state index contributed by atoms with van der Waals surface area (Å²) >= 11 is 4.76. The van der Waals surface area contributed by atoms with Gasteiger partial charge in [-0.05, 0) is 122 Å². The van der Waals surface area contributed by atoms with Crippen molar-refractivity contribution in [1.82, 2.24) is 0 Å². The zero-order chi connectivity index (χ0) is 38.4. The summed E-state index contributed by atoms with van der Waals surface area (Å²) in [5, 5.41) is 7.43. The summed E-state index contributed by atoms with van der Waals surface area (Å²) in [5.41, 5.74) is 18.0. The number of rotatable bonds is 10. The Balaban J connectivity index is 1.12. The topological polar surface area (TPSA) is 24.1 Å². The Hall–Kier alpha value is -7.07. The first-order valence-electron chi connectivity index (χ1n) is 19.2. The van der Waals surface area contributed by atoms with Gasteiger partial charge in [-0.1, -0.05) is 158 Å². The van der Waals surface area contributed by atoms with Gasteiger partial charge < -0.3 is 10.6 Å². The van der Waals surface area contributed by atoms with E-state index in [0.29, 0.717) is 0 Å². The van der Waals surface area contributed by atoms with E-state index in [4.69, 9.17) is 12.6 Å². The Kier molecular flexibility index (Phi) is 10.2. The van der Waals surface area contributed by atoms with Crippen molar-refractivity contribution in [2.45, 2.75) is 4.90 Å². The molecule has 0 heterocycles. The normalized spacial score (nSPS) is 10.9. The molecule has 0 aromatic heterocycles. The van der Waals surface area contributed by atoms with E-state index < -0.39 is 0 Å². The zero-order valence-electron chi connectivity index (χ0n) is 31.3. The minimum absolute atomic E-state index is 0.965. The molecule has 9 rings (SSSR count). The van der Waals surface area contributed by atoms with E-state index in [0.717, 1.165) is 83.3 Å². The maximum absolute atomic E-state index is 4.76. The second-order valence-corrected chi connectivity index (χ2v) is 14.6. The Morgan fingerprint density at radius 3 is 1.33 bits per heavy atom. The molecule has 0 saturated carbocycles. The molecule has 9 aromatic rings. The highest BCUT2D eigenvalue weighted by molar-refractivity contribution is 7.80. The highest BCUT2D eigenvalue weighted by Crippen LogP contribution is 2.39. The van der Waals surface area contributed by atoms with Crippen LogP contribution in [0.4, 0.5) is 22.7 Å². The van der Waals surface area contributed by atoms with Gasteiger partial charge in [-0.25, -0.2) is 0 Å². The molecule has 0 aliphatic heterocycles. The molecule has 0 fully saturated rings. The third-order valence-electron chi connectivity index (χ3n) is 10.3. The molecular weight excluding hydrogens is 709 g/mol. The van der Waals surface area contributed by atoms with E-state index in [2.05, 4.69) is 217 Å². The number of hydrogen-bond donors (Lipinski definition) is 3. The van der Waals surface area contributed by atoms with E-state index in [1.54, 1.807) is 0 Å². The lowest BCUT2D eigenvalue weighted by Crippen LogP contribution is -1.95. The average Bonchev–Trinajstić information content (AvgIpc) is 3.28. The maximum atomic E-state index is 4.76. The van der Waals surface area contributed by atoms with Gasteiger partial charge in [-0.3, -0.25) is 0 Å². The van der Waals surface area contributed by atoms with Gasteiger partial charge >= 0.3 is 0 Å². The molecule has 0 unspecified atom stereocenters. The molecule has 0 aliphatic carbocycles. The van der Waals surface area contributed by atoms with Crippen molar-refractivity contribution >= 4 is 35.4 Å². The Bertz CT molecular complexity index is 2810. The number of benzene rings is 9. The van der Waals surface area contributed by atoms with Crippen LogP contribution >= 0.6 is 12.6 Å². The average molecular weight is 749 g/mol. The minimum Gasteiger partial charge on any atom is -0.355 e. The SMILES string of the molecule is Sc1ccccc1-c1cccc(-c2cccc(-c3cc(-c4cccc(-c5ccccc5Nc5ccccc5)c4)ccc3Nc3cccc(-c4ccccc4)c3)c2)c1. The second-order valence-electron chi connectivity index (χ2n) is 14.1. The lowest BCUT2D eigenvalue weighted by molar-refractivity contribution is 1.45. The number of hydrogen-bond acceptors (Lipinski definition) is 3. The number of para-hydroxylation sites is 2. The van der Waals surface area contributed by atoms with E-state index >= 15 is 0 Å². The number of thiol groups is 1. The lowest BCUT2D eigenvalue weighted by atomic mass is 9.92. The van der Waals surface area contributed by atoms with Crippen LogP contribution in [-0.4, -0.2) is 0 Å². The highest BCUT2D eigenvalue weighted by atomic mass is 32.1. The smallest absolute Gasteiger partial charge is 0.0464 e. The first-order valence-corrected chi connectivity index (χ1v) is 19.7. The van der Waals surface area contributed by atoms with Crippen LogP contribution in [0.1, 0.15) is 0 Å². The van der Waals surface area contributed by atoms with Gasteiger partial charge in [-0.2, -0.15) is 0 Å². The highest BCUT2D eigenvalue weighted by Gasteiger charge is 2.13. The summed E-state index contributed by atoms with van der Waals surface area (Å²) in [6.45, 7) is 0. The first kappa shape index (κ1) is 35.6. The van der Waals surface area contributed by atoms with Crippen molar-refractivity contribution in [3.05, 3.63) is 224 Å². The predicted molar refractivity (Wildman–Crippen MR) is 246 cm³/mol. The van der Waals surface area contributed by atoms with E-state index in [-0.39, 0.29) is 0 Å². The molecule has 272 valence electrons. The van der Waals surface area contributed by atoms with Crippen molar-refractivity contribution in [3.8, 4) is 66.8 Å². The van der Waals surface area contributed by atoms with E-state index in [1.165, 1.54) is 11.1 Å². The molecule has 3 heteroatoms. The Labute approximate surface area is 340 Å². The van der Waals surface area contributed by atoms with Gasteiger partial charge in [0.05, 0.1) is 0 Å². The summed E-state index contributed by atoms with van der Waals surface area (Å²) in [6, 6.07) is 79.4. The largest absolute Gasteiger partial charge is 0.355 e. The van der Waals surface area contributed by atoms with E-state index in [1.807, 2.05) is 18.2 Å². The van der Waals surface area contributed by atoms with Crippen molar-refractivity contribution in [2.75, 3.05) is 10.6 Å². The van der Waals surface area contributed by atoms with Crippen LogP contribution in [0.5, 0.6) is 0 Å². The second kappa shape index (κ2) is 16.3. The quantitative estimate of drug-likeness (QED) is 0.121. The van der Waals surface area contributed by atoms with Gasteiger partial charge in [0.1, 0.15) is 0 Å². The number of anilines is 4. The molecule has 2 nitrogen and oxygen atoms in total. The molecular formula is C54H40N2S. The van der Waals surface area contributed by atoms with Crippen molar-refractivity contribution in [3.63, 3.8) is 0 Å². The van der Waals surface area contributed by atoms with Crippen LogP contribution in [-0.2, 0) is 0 Å². The molecule has 0 spiro atoms. The minimum atomic E-state index is 0.965. The maximum Gasteiger partial charge on any atom is 0.0464 e. The zero-order valence-corrected chi connectivity index (χ0v) is 32.2. The monoisotopic (exact) mass is 748 g/mol. The van der Waals surface area contributed by atoms with E-state index in [9.17, 15) is 0 Å². The molecule has 0 atom stereocenters. The van der Waals surface area contributed by atoms with Crippen LogP contribution in [0.25, 0.3) is 66.8 Å². The van der Waals surface area contributed by atoms with Gasteiger partial charge in [0.25, 0.3) is 0 Å². The van der Waals surface area contributed by atoms with Crippen molar-refractivity contribution in [2.24, 2.45) is 0 Å². The van der Waals surface area contributed by atoms with Crippen molar-refractivity contribution < 1.29 is 0 Å². The molecule has 9 aromatic carbocycles. The Morgan fingerprint density at radius 1 is 0.246 bits per heavy atom. The predicted octanol–water partition coefficient (Wildman–Crippen LogP) is 15.5. The van der Waals surface area contributed by atoms with Crippen LogP contribution < -0.4 is 10.6 Å². The van der Waals surface area contributed by atoms with Gasteiger partial charge in [0, 0.05) is 38.8 Å². The molecule has 0 bridgehead atoms. The fourth-order valence-electron chi connectivity index (χ4n) is 7.47. The summed E-state index contributed by atoms with van der Waals surface area (Å²) < 4.78 is 0. The Morgan fingerprint density at radius 2 is 0.667 bits per heavy atom. The third-order valence-corrected chi connectivity index (χ3v) is 10.7. The molecule has 57 heavy (non-hydrogen) atoms. The molecule has 0 aliphatic rings. The number of nitrogens with one attached hydrogen (secondary N) is 2. The van der Waals surface area contributed by atoms with Crippen LogP contribution in [0.2, 0.25) is 0 Å². The standard InChI is InChI=1S/C54H40N2S/c57-54-30-10-8-28-50(54)45-22-12-17-39(34-45)40-18-13-23-46(35-40)51-37-43(31-32-53(51)56-48-26-14-20-42(36-48)38-15-3-1-4-16-38)41-19-11-21-44(33-41)49-27-7-9-29-52(49)55-47-24-5-2-6-25-47/h1-37,55-57H. The molecule has 2 N–H and O–H groups in total. The summed E-state index contributed by atoms with van der Waals surface area (Å²) in [4.78, 5) is 0.965. The van der Waals surface area contributed by atoms with Gasteiger partial charge in [0.15, 0.2) is 0 Å². The van der Waals surface area contributed by atoms with Crippen LogP contribution in [0, 0.1) is 0 Å². The van der Waals surface area contributed by atoms with Crippen LogP contribution in [0.3, 0.4) is 0 Å². The van der Waals surface area contributed by atoms with Gasteiger partial charge in [-0.15, -0.1) is 12.6 Å². The van der Waals surface area contributed by atoms with Crippen molar-refractivity contribution in [1.29, 1.82) is 0 Å². The summed E-state index contributed by atoms with van der Waals surface area (Å²) in [6.07, 6.45) is 0. The fourth-order valence-corrected chi connectivity index (χ4v) is 7.76. The molecule has 0 radical (unpaired) electrons. The third kappa shape index (κ3) is 8.02. The van der Waals surface area contributed by atoms with Crippen LogP contribution in [0.15, 0.2) is 229 Å². The fraction of sp³-hybridized carbons (Fsp3) is 0. The summed E-state index contributed by atoms with van der Waals surface area (Å²) in [5.74, 6) is 0.